The van der Waals surface area contributed by atoms with Gasteiger partial charge in [0.25, 0.3) is 0 Å². The molecule has 0 radical (unpaired) electrons. The molecule has 0 fully saturated rings. The van der Waals surface area contributed by atoms with Crippen molar-refractivity contribution < 1.29 is 0 Å². The fourth-order valence-electron chi connectivity index (χ4n) is 1.67. The van der Waals surface area contributed by atoms with Crippen molar-refractivity contribution in [2.45, 2.75) is 6.92 Å². The van der Waals surface area contributed by atoms with Crippen LogP contribution < -0.4 is 0 Å². The van der Waals surface area contributed by atoms with Crippen LogP contribution in [0.5, 0.6) is 0 Å². The van der Waals surface area contributed by atoms with E-state index >= 15 is 0 Å². The number of aryl methyl sites for hydroxylation is 1. The summed E-state index contributed by atoms with van der Waals surface area (Å²) in [6.45, 7) is 1.97. The Labute approximate surface area is 92.6 Å². The molecule has 3 aromatic heterocycles. The van der Waals surface area contributed by atoms with Gasteiger partial charge in [0.2, 0.25) is 0 Å². The zero-order valence-corrected chi connectivity index (χ0v) is 8.83. The van der Waals surface area contributed by atoms with Crippen LogP contribution in [0.25, 0.3) is 16.9 Å². The quantitative estimate of drug-likeness (QED) is 0.617. The highest BCUT2D eigenvalue weighted by Crippen LogP contribution is 2.16. The summed E-state index contributed by atoms with van der Waals surface area (Å²) in [5.74, 6) is 0. The van der Waals surface area contributed by atoms with E-state index in [-0.39, 0.29) is 0 Å². The van der Waals surface area contributed by atoms with Gasteiger partial charge in [-0.1, -0.05) is 0 Å². The topological polar surface area (TPSA) is 43.1 Å². The van der Waals surface area contributed by atoms with Gasteiger partial charge in [0, 0.05) is 29.8 Å². The molecule has 0 N–H and O–H groups in total. The molecule has 0 bridgehead atoms. The number of hydrogen-bond donors (Lipinski definition) is 0. The predicted octanol–water partition coefficient (Wildman–Crippen LogP) is 2.10. The summed E-state index contributed by atoms with van der Waals surface area (Å²) in [5, 5.41) is 4.47. The number of aromatic nitrogens is 4. The molecule has 0 aliphatic heterocycles. The Balaban J connectivity index is 2.18. The third-order valence-corrected chi connectivity index (χ3v) is 2.45. The SMILES string of the molecule is Cc1cc(-c2ccc3nccn3n2)ccn1. The van der Waals surface area contributed by atoms with E-state index in [2.05, 4.69) is 15.1 Å². The van der Waals surface area contributed by atoms with Crippen molar-refractivity contribution >= 4 is 5.65 Å². The molecule has 0 aliphatic rings. The molecular weight excluding hydrogens is 200 g/mol. The molecule has 0 saturated heterocycles. The summed E-state index contributed by atoms with van der Waals surface area (Å²) in [5.41, 5.74) is 3.85. The normalized spacial score (nSPS) is 10.8. The van der Waals surface area contributed by atoms with Gasteiger partial charge in [-0.2, -0.15) is 5.10 Å². The van der Waals surface area contributed by atoms with Crippen LogP contribution in [0, 0.1) is 6.92 Å². The first-order valence-corrected chi connectivity index (χ1v) is 5.06. The summed E-state index contributed by atoms with van der Waals surface area (Å²) < 4.78 is 1.77. The van der Waals surface area contributed by atoms with E-state index in [9.17, 15) is 0 Å². The lowest BCUT2D eigenvalue weighted by atomic mass is 10.1. The number of rotatable bonds is 1. The van der Waals surface area contributed by atoms with E-state index in [1.54, 1.807) is 16.9 Å². The Morgan fingerprint density at radius 2 is 2.00 bits per heavy atom. The summed E-state index contributed by atoms with van der Waals surface area (Å²) in [6.07, 6.45) is 5.38. The molecule has 3 aromatic rings. The average Bonchev–Trinajstić information content (AvgIpc) is 2.75. The summed E-state index contributed by atoms with van der Waals surface area (Å²) in [7, 11) is 0. The van der Waals surface area contributed by atoms with Crippen LogP contribution in [-0.2, 0) is 0 Å². The Hall–Kier alpha value is -2.23. The van der Waals surface area contributed by atoms with E-state index in [1.807, 2.05) is 37.4 Å². The second-order valence-corrected chi connectivity index (χ2v) is 3.63. The van der Waals surface area contributed by atoms with E-state index in [1.165, 1.54) is 0 Å². The Morgan fingerprint density at radius 1 is 1.06 bits per heavy atom. The molecule has 16 heavy (non-hydrogen) atoms. The number of fused-ring (bicyclic) bond motifs is 1. The van der Waals surface area contributed by atoms with Crippen molar-refractivity contribution in [3.8, 4) is 11.3 Å². The van der Waals surface area contributed by atoms with Crippen molar-refractivity contribution in [3.63, 3.8) is 0 Å². The van der Waals surface area contributed by atoms with Gasteiger partial charge in [0.1, 0.15) is 0 Å². The van der Waals surface area contributed by atoms with Crippen LogP contribution >= 0.6 is 0 Å². The van der Waals surface area contributed by atoms with Crippen molar-refractivity contribution in [1.82, 2.24) is 19.6 Å². The molecule has 0 spiro atoms. The minimum Gasteiger partial charge on any atom is -0.262 e. The van der Waals surface area contributed by atoms with E-state index in [0.717, 1.165) is 22.6 Å². The van der Waals surface area contributed by atoms with Crippen LogP contribution in [0.1, 0.15) is 5.69 Å². The van der Waals surface area contributed by atoms with Gasteiger partial charge in [-0.3, -0.25) is 4.98 Å². The van der Waals surface area contributed by atoms with Crippen LogP contribution in [-0.4, -0.2) is 19.6 Å². The van der Waals surface area contributed by atoms with Crippen molar-refractivity contribution in [1.29, 1.82) is 0 Å². The highest BCUT2D eigenvalue weighted by molar-refractivity contribution is 5.60. The summed E-state index contributed by atoms with van der Waals surface area (Å²) >= 11 is 0. The Morgan fingerprint density at radius 3 is 2.88 bits per heavy atom. The molecule has 0 unspecified atom stereocenters. The van der Waals surface area contributed by atoms with Gasteiger partial charge in [-0.05, 0) is 31.2 Å². The molecule has 3 rings (SSSR count). The summed E-state index contributed by atoms with van der Waals surface area (Å²) in [4.78, 5) is 8.33. The Kier molecular flexibility index (Phi) is 1.93. The van der Waals surface area contributed by atoms with Crippen molar-refractivity contribution in [3.05, 3.63) is 48.5 Å². The molecule has 0 amide bonds. The van der Waals surface area contributed by atoms with Crippen LogP contribution in [0.3, 0.4) is 0 Å². The number of nitrogens with zero attached hydrogens (tertiary/aromatic N) is 4. The molecule has 0 aliphatic carbocycles. The lowest BCUT2D eigenvalue weighted by Crippen LogP contribution is -1.93. The maximum absolute atomic E-state index is 4.47. The molecule has 4 heteroatoms. The third-order valence-electron chi connectivity index (χ3n) is 2.45. The highest BCUT2D eigenvalue weighted by Gasteiger charge is 2.01. The largest absolute Gasteiger partial charge is 0.262 e. The van der Waals surface area contributed by atoms with Crippen LogP contribution in [0.4, 0.5) is 0 Å². The lowest BCUT2D eigenvalue weighted by Gasteiger charge is -2.01. The molecule has 4 nitrogen and oxygen atoms in total. The van der Waals surface area contributed by atoms with E-state index in [0.29, 0.717) is 0 Å². The zero-order chi connectivity index (χ0) is 11.0. The van der Waals surface area contributed by atoms with E-state index < -0.39 is 0 Å². The first-order valence-electron chi connectivity index (χ1n) is 5.06. The van der Waals surface area contributed by atoms with Crippen LogP contribution in [0.15, 0.2) is 42.9 Å². The minimum atomic E-state index is 0.856. The highest BCUT2D eigenvalue weighted by atomic mass is 15.2. The average molecular weight is 210 g/mol. The predicted molar refractivity (Wildman–Crippen MR) is 61.0 cm³/mol. The number of pyridine rings is 1. The smallest absolute Gasteiger partial charge is 0.153 e. The van der Waals surface area contributed by atoms with Gasteiger partial charge < -0.3 is 0 Å². The molecular formula is C12H10N4. The maximum atomic E-state index is 4.47. The monoisotopic (exact) mass is 210 g/mol. The maximum Gasteiger partial charge on any atom is 0.153 e. The lowest BCUT2D eigenvalue weighted by molar-refractivity contribution is 0.941. The fourth-order valence-corrected chi connectivity index (χ4v) is 1.67. The zero-order valence-electron chi connectivity index (χ0n) is 8.83. The molecule has 78 valence electrons. The Bertz CT molecular complexity index is 642. The minimum absolute atomic E-state index is 0.856. The molecule has 3 heterocycles. The van der Waals surface area contributed by atoms with Gasteiger partial charge in [-0.15, -0.1) is 0 Å². The second kappa shape index (κ2) is 3.41. The van der Waals surface area contributed by atoms with Gasteiger partial charge in [-0.25, -0.2) is 9.50 Å². The standard InChI is InChI=1S/C12H10N4/c1-9-8-10(4-5-13-9)11-2-3-12-14-6-7-16(12)15-11/h2-8H,1H3. The number of hydrogen-bond acceptors (Lipinski definition) is 3. The van der Waals surface area contributed by atoms with Crippen molar-refractivity contribution in [2.24, 2.45) is 0 Å². The second-order valence-electron chi connectivity index (χ2n) is 3.63. The molecule has 0 saturated carbocycles. The molecule has 0 atom stereocenters. The van der Waals surface area contributed by atoms with Crippen molar-refractivity contribution in [2.75, 3.05) is 0 Å². The van der Waals surface area contributed by atoms with Gasteiger partial charge >= 0.3 is 0 Å². The van der Waals surface area contributed by atoms with Crippen LogP contribution in [0.2, 0.25) is 0 Å². The number of imidazole rings is 1. The third kappa shape index (κ3) is 1.44. The molecule has 0 aromatic carbocycles. The first-order chi connectivity index (χ1) is 7.83. The van der Waals surface area contributed by atoms with Gasteiger partial charge in [0.05, 0.1) is 5.69 Å². The fraction of sp³-hybridized carbons (Fsp3) is 0.0833. The van der Waals surface area contributed by atoms with Gasteiger partial charge in [0.15, 0.2) is 5.65 Å². The van der Waals surface area contributed by atoms with E-state index in [4.69, 9.17) is 0 Å². The summed E-state index contributed by atoms with van der Waals surface area (Å²) in [6, 6.07) is 7.90. The first kappa shape index (κ1) is 9.03.